The number of carbonyl (C=O) groups excluding carboxylic acids is 2. The van der Waals surface area contributed by atoms with E-state index in [1.165, 1.54) is 18.3 Å². The molecule has 138 valence electrons. The van der Waals surface area contributed by atoms with E-state index in [2.05, 4.69) is 15.6 Å². The molecule has 0 aliphatic rings. The molecule has 2 aromatic carbocycles. The second-order valence-corrected chi connectivity index (χ2v) is 7.50. The van der Waals surface area contributed by atoms with Crippen molar-refractivity contribution in [2.24, 2.45) is 0 Å². The van der Waals surface area contributed by atoms with Gasteiger partial charge in [0.25, 0.3) is 0 Å². The van der Waals surface area contributed by atoms with Crippen molar-refractivity contribution in [1.29, 1.82) is 0 Å². The topological polar surface area (TPSA) is 71.1 Å². The third-order valence-electron chi connectivity index (χ3n) is 3.96. The first kappa shape index (κ1) is 18.8. The van der Waals surface area contributed by atoms with E-state index in [9.17, 15) is 9.59 Å². The highest BCUT2D eigenvalue weighted by Crippen LogP contribution is 2.28. The number of nitrogens with one attached hydrogen (secondary N) is 2. The van der Waals surface area contributed by atoms with Crippen LogP contribution in [0.25, 0.3) is 11.3 Å². The van der Waals surface area contributed by atoms with Crippen molar-refractivity contribution < 1.29 is 9.59 Å². The van der Waals surface area contributed by atoms with Gasteiger partial charge >= 0.3 is 0 Å². The lowest BCUT2D eigenvalue weighted by molar-refractivity contribution is -0.120. The molecule has 0 atom stereocenters. The molecule has 0 fully saturated rings. The molecular weight excluding hydrogens is 358 g/mol. The summed E-state index contributed by atoms with van der Waals surface area (Å²) in [5.74, 6) is -0.142. The van der Waals surface area contributed by atoms with Crippen molar-refractivity contribution >= 4 is 28.8 Å². The highest BCUT2D eigenvalue weighted by atomic mass is 32.1. The summed E-state index contributed by atoms with van der Waals surface area (Å²) in [7, 11) is 0. The van der Waals surface area contributed by atoms with Crippen molar-refractivity contribution in [3.8, 4) is 11.3 Å². The van der Waals surface area contributed by atoms with E-state index in [4.69, 9.17) is 0 Å². The second-order valence-electron chi connectivity index (χ2n) is 6.21. The van der Waals surface area contributed by atoms with Gasteiger partial charge in [0.1, 0.15) is 5.01 Å². The molecule has 0 radical (unpaired) electrons. The maximum atomic E-state index is 12.2. The summed E-state index contributed by atoms with van der Waals surface area (Å²) in [5.41, 5.74) is 3.66. The summed E-state index contributed by atoms with van der Waals surface area (Å²) in [4.78, 5) is 29.0. The van der Waals surface area contributed by atoms with E-state index in [0.29, 0.717) is 6.54 Å². The standard InChI is InChI=1S/C21H21N3O2S/c1-14-21(17-8-10-18(11-9-17)23-15(2)25)24-20(27-14)12-19(26)22-13-16-6-4-3-5-7-16/h3-11H,12-13H2,1-2H3,(H,22,26)(H,23,25). The number of hydrogen-bond acceptors (Lipinski definition) is 4. The van der Waals surface area contributed by atoms with Crippen molar-refractivity contribution in [3.05, 3.63) is 70.0 Å². The van der Waals surface area contributed by atoms with Gasteiger partial charge in [-0.05, 0) is 24.6 Å². The summed E-state index contributed by atoms with van der Waals surface area (Å²) < 4.78 is 0. The minimum atomic E-state index is -0.101. The zero-order chi connectivity index (χ0) is 19.2. The van der Waals surface area contributed by atoms with Crippen LogP contribution in [0.15, 0.2) is 54.6 Å². The van der Waals surface area contributed by atoms with Gasteiger partial charge in [0.05, 0.1) is 12.1 Å². The van der Waals surface area contributed by atoms with Gasteiger partial charge in [-0.25, -0.2) is 4.98 Å². The minimum absolute atomic E-state index is 0.0415. The molecule has 0 aliphatic heterocycles. The van der Waals surface area contributed by atoms with Crippen LogP contribution in [0.1, 0.15) is 22.4 Å². The SMILES string of the molecule is CC(=O)Nc1ccc(-c2nc(CC(=O)NCc3ccccc3)sc2C)cc1. The van der Waals surface area contributed by atoms with Gasteiger partial charge in [-0.3, -0.25) is 9.59 Å². The Hall–Kier alpha value is -2.99. The molecule has 0 unspecified atom stereocenters. The smallest absolute Gasteiger partial charge is 0.227 e. The van der Waals surface area contributed by atoms with E-state index < -0.39 is 0 Å². The largest absolute Gasteiger partial charge is 0.352 e. The fourth-order valence-electron chi connectivity index (χ4n) is 2.71. The van der Waals surface area contributed by atoms with Crippen LogP contribution in [0.3, 0.4) is 0 Å². The Bertz CT molecular complexity index is 934. The Morgan fingerprint density at radius 2 is 1.74 bits per heavy atom. The van der Waals surface area contributed by atoms with Crippen LogP contribution in [0, 0.1) is 6.92 Å². The molecule has 0 saturated heterocycles. The molecule has 2 N–H and O–H groups in total. The lowest BCUT2D eigenvalue weighted by Gasteiger charge is -2.04. The number of aryl methyl sites for hydroxylation is 1. The number of thiazole rings is 1. The number of hydrogen-bond donors (Lipinski definition) is 2. The molecule has 1 aromatic heterocycles. The van der Waals surface area contributed by atoms with Gasteiger partial charge < -0.3 is 10.6 Å². The lowest BCUT2D eigenvalue weighted by Crippen LogP contribution is -2.24. The number of amides is 2. The molecule has 3 aromatic rings. The lowest BCUT2D eigenvalue weighted by atomic mass is 10.1. The quantitative estimate of drug-likeness (QED) is 0.682. The first-order valence-electron chi connectivity index (χ1n) is 8.66. The third kappa shape index (κ3) is 5.24. The molecular formula is C21H21N3O2S. The molecule has 27 heavy (non-hydrogen) atoms. The number of rotatable bonds is 6. The molecule has 3 rings (SSSR count). The summed E-state index contributed by atoms with van der Waals surface area (Å²) >= 11 is 1.53. The predicted octanol–water partition coefficient (Wildman–Crippen LogP) is 3.94. The molecule has 0 bridgehead atoms. The van der Waals surface area contributed by atoms with Gasteiger partial charge in [-0.15, -0.1) is 11.3 Å². The predicted molar refractivity (Wildman–Crippen MR) is 109 cm³/mol. The van der Waals surface area contributed by atoms with Gasteiger partial charge in [0, 0.05) is 29.6 Å². The Morgan fingerprint density at radius 3 is 2.41 bits per heavy atom. The number of benzene rings is 2. The molecule has 6 heteroatoms. The van der Waals surface area contributed by atoms with Crippen LogP contribution < -0.4 is 10.6 Å². The molecule has 0 saturated carbocycles. The zero-order valence-corrected chi connectivity index (χ0v) is 16.1. The van der Waals surface area contributed by atoms with E-state index >= 15 is 0 Å². The van der Waals surface area contributed by atoms with E-state index in [1.807, 2.05) is 61.5 Å². The fraction of sp³-hybridized carbons (Fsp3) is 0.190. The average molecular weight is 379 g/mol. The number of carbonyl (C=O) groups is 2. The van der Waals surface area contributed by atoms with Gasteiger partial charge in [-0.1, -0.05) is 42.5 Å². The molecule has 1 heterocycles. The summed E-state index contributed by atoms with van der Waals surface area (Å²) in [6.45, 7) is 4.00. The van der Waals surface area contributed by atoms with Crippen LogP contribution in [0.2, 0.25) is 0 Å². The molecule has 5 nitrogen and oxygen atoms in total. The zero-order valence-electron chi connectivity index (χ0n) is 15.3. The van der Waals surface area contributed by atoms with Crippen LogP contribution in [0.5, 0.6) is 0 Å². The van der Waals surface area contributed by atoms with Crippen molar-refractivity contribution in [3.63, 3.8) is 0 Å². The highest BCUT2D eigenvalue weighted by Gasteiger charge is 2.13. The summed E-state index contributed by atoms with van der Waals surface area (Å²) in [5, 5.41) is 6.47. The van der Waals surface area contributed by atoms with E-state index in [-0.39, 0.29) is 18.2 Å². The van der Waals surface area contributed by atoms with Crippen LogP contribution in [-0.2, 0) is 22.6 Å². The Morgan fingerprint density at radius 1 is 1.04 bits per heavy atom. The Balaban J connectivity index is 1.63. The molecule has 0 spiro atoms. The minimum Gasteiger partial charge on any atom is -0.352 e. The number of aromatic nitrogens is 1. The first-order valence-corrected chi connectivity index (χ1v) is 9.48. The maximum Gasteiger partial charge on any atom is 0.227 e. The summed E-state index contributed by atoms with van der Waals surface area (Å²) in [6, 6.07) is 17.4. The van der Waals surface area contributed by atoms with Crippen molar-refractivity contribution in [2.75, 3.05) is 5.32 Å². The van der Waals surface area contributed by atoms with Crippen LogP contribution in [0.4, 0.5) is 5.69 Å². The number of anilines is 1. The van der Waals surface area contributed by atoms with Crippen molar-refractivity contribution in [1.82, 2.24) is 10.3 Å². The third-order valence-corrected chi connectivity index (χ3v) is 4.93. The second kappa shape index (κ2) is 8.60. The molecule has 2 amide bonds. The van der Waals surface area contributed by atoms with Crippen LogP contribution in [-0.4, -0.2) is 16.8 Å². The average Bonchev–Trinajstić information content (AvgIpc) is 3.01. The monoisotopic (exact) mass is 379 g/mol. The van der Waals surface area contributed by atoms with Crippen LogP contribution >= 0.6 is 11.3 Å². The van der Waals surface area contributed by atoms with Gasteiger partial charge in [0.15, 0.2) is 0 Å². The van der Waals surface area contributed by atoms with Gasteiger partial charge in [0.2, 0.25) is 11.8 Å². The first-order chi connectivity index (χ1) is 13.0. The highest BCUT2D eigenvalue weighted by molar-refractivity contribution is 7.12. The Labute approximate surface area is 162 Å². The van der Waals surface area contributed by atoms with Gasteiger partial charge in [-0.2, -0.15) is 0 Å². The fourth-order valence-corrected chi connectivity index (χ4v) is 3.66. The van der Waals surface area contributed by atoms with E-state index in [0.717, 1.165) is 32.4 Å². The number of nitrogens with zero attached hydrogens (tertiary/aromatic N) is 1. The normalized spacial score (nSPS) is 10.4. The Kier molecular flexibility index (Phi) is 5.98. The summed E-state index contributed by atoms with van der Waals surface area (Å²) in [6.07, 6.45) is 0.266. The molecule has 0 aliphatic carbocycles. The van der Waals surface area contributed by atoms with E-state index in [1.54, 1.807) is 0 Å². The maximum absolute atomic E-state index is 12.2. The van der Waals surface area contributed by atoms with Crippen molar-refractivity contribution in [2.45, 2.75) is 26.8 Å².